The standard InChI is InChI=1S/C14H18N2/c1-14(2,15-3)10-11-6-7-13-12(9-11)5-4-8-16-13/h4-9,15H,10H2,1-3H3. The summed E-state index contributed by atoms with van der Waals surface area (Å²) < 4.78 is 0. The summed E-state index contributed by atoms with van der Waals surface area (Å²) in [6.07, 6.45) is 2.86. The van der Waals surface area contributed by atoms with Gasteiger partial charge in [-0.25, -0.2) is 0 Å². The average molecular weight is 214 g/mol. The number of nitrogens with zero attached hydrogens (tertiary/aromatic N) is 1. The predicted molar refractivity (Wildman–Crippen MR) is 68.6 cm³/mol. The molecule has 0 aliphatic rings. The van der Waals surface area contributed by atoms with E-state index in [0.29, 0.717) is 0 Å². The normalized spacial score (nSPS) is 11.9. The molecule has 1 heterocycles. The van der Waals surface area contributed by atoms with E-state index in [0.717, 1.165) is 11.9 Å². The Labute approximate surface area is 96.7 Å². The van der Waals surface area contributed by atoms with Crippen molar-refractivity contribution in [3.05, 3.63) is 42.1 Å². The van der Waals surface area contributed by atoms with E-state index in [1.165, 1.54) is 10.9 Å². The molecule has 2 rings (SSSR count). The third-order valence-electron chi connectivity index (χ3n) is 2.99. The Balaban J connectivity index is 2.33. The topological polar surface area (TPSA) is 24.9 Å². The molecule has 0 aliphatic heterocycles. The lowest BCUT2D eigenvalue weighted by Crippen LogP contribution is -2.38. The molecule has 0 amide bonds. The first-order valence-corrected chi connectivity index (χ1v) is 5.63. The number of benzene rings is 1. The number of rotatable bonds is 3. The van der Waals surface area contributed by atoms with Crippen LogP contribution in [0.1, 0.15) is 19.4 Å². The number of pyridine rings is 1. The van der Waals surface area contributed by atoms with E-state index >= 15 is 0 Å². The Morgan fingerprint density at radius 1 is 1.25 bits per heavy atom. The number of likely N-dealkylation sites (N-methyl/N-ethyl adjacent to an activating group) is 1. The van der Waals surface area contributed by atoms with Crippen molar-refractivity contribution in [1.82, 2.24) is 10.3 Å². The van der Waals surface area contributed by atoms with E-state index in [9.17, 15) is 0 Å². The van der Waals surface area contributed by atoms with Crippen LogP contribution in [-0.4, -0.2) is 17.6 Å². The molecule has 0 spiro atoms. The molecule has 0 unspecified atom stereocenters. The van der Waals surface area contributed by atoms with Gasteiger partial charge in [0.05, 0.1) is 5.52 Å². The van der Waals surface area contributed by atoms with E-state index in [1.54, 1.807) is 0 Å². The predicted octanol–water partition coefficient (Wildman–Crippen LogP) is 2.78. The van der Waals surface area contributed by atoms with Crippen LogP contribution in [0.5, 0.6) is 0 Å². The second kappa shape index (κ2) is 4.22. The number of nitrogens with one attached hydrogen (secondary N) is 1. The summed E-state index contributed by atoms with van der Waals surface area (Å²) in [7, 11) is 2.00. The van der Waals surface area contributed by atoms with Crippen LogP contribution in [0.4, 0.5) is 0 Å². The van der Waals surface area contributed by atoms with Gasteiger partial charge in [0, 0.05) is 17.1 Å². The van der Waals surface area contributed by atoms with Gasteiger partial charge in [-0.3, -0.25) is 4.98 Å². The summed E-state index contributed by atoms with van der Waals surface area (Å²) in [5.41, 5.74) is 2.55. The minimum Gasteiger partial charge on any atom is -0.314 e. The summed E-state index contributed by atoms with van der Waals surface area (Å²) in [5, 5.41) is 4.54. The molecule has 16 heavy (non-hydrogen) atoms. The maximum Gasteiger partial charge on any atom is 0.0702 e. The Kier molecular flexibility index (Phi) is 2.92. The molecule has 0 radical (unpaired) electrons. The fourth-order valence-corrected chi connectivity index (χ4v) is 1.83. The van der Waals surface area contributed by atoms with Crippen molar-refractivity contribution in [2.45, 2.75) is 25.8 Å². The Morgan fingerprint density at radius 2 is 2.06 bits per heavy atom. The van der Waals surface area contributed by atoms with Gasteiger partial charge in [-0.05, 0) is 51.1 Å². The first-order chi connectivity index (χ1) is 7.61. The van der Waals surface area contributed by atoms with E-state index in [1.807, 2.05) is 19.3 Å². The average Bonchev–Trinajstić information content (AvgIpc) is 2.28. The highest BCUT2D eigenvalue weighted by atomic mass is 14.9. The van der Waals surface area contributed by atoms with Crippen LogP contribution in [0.25, 0.3) is 10.9 Å². The highest BCUT2D eigenvalue weighted by molar-refractivity contribution is 5.78. The van der Waals surface area contributed by atoms with Gasteiger partial charge in [0.1, 0.15) is 0 Å². The number of aromatic nitrogens is 1. The van der Waals surface area contributed by atoms with Crippen LogP contribution >= 0.6 is 0 Å². The van der Waals surface area contributed by atoms with Crippen molar-refractivity contribution in [3.8, 4) is 0 Å². The molecule has 0 saturated heterocycles. The maximum absolute atomic E-state index is 4.32. The minimum atomic E-state index is 0.135. The van der Waals surface area contributed by atoms with Crippen LogP contribution in [0.3, 0.4) is 0 Å². The molecule has 1 N–H and O–H groups in total. The molecule has 0 atom stereocenters. The van der Waals surface area contributed by atoms with Gasteiger partial charge in [-0.15, -0.1) is 0 Å². The van der Waals surface area contributed by atoms with Crippen LogP contribution in [0.2, 0.25) is 0 Å². The van der Waals surface area contributed by atoms with Crippen LogP contribution in [0, 0.1) is 0 Å². The van der Waals surface area contributed by atoms with E-state index < -0.39 is 0 Å². The molecule has 1 aromatic heterocycles. The van der Waals surface area contributed by atoms with Crippen LogP contribution in [-0.2, 0) is 6.42 Å². The van der Waals surface area contributed by atoms with E-state index in [-0.39, 0.29) is 5.54 Å². The highest BCUT2D eigenvalue weighted by Gasteiger charge is 2.15. The molecule has 1 aromatic carbocycles. The lowest BCUT2D eigenvalue weighted by atomic mass is 9.94. The van der Waals surface area contributed by atoms with Gasteiger partial charge in [0.25, 0.3) is 0 Å². The van der Waals surface area contributed by atoms with Crippen molar-refractivity contribution >= 4 is 10.9 Å². The van der Waals surface area contributed by atoms with Crippen molar-refractivity contribution in [1.29, 1.82) is 0 Å². The van der Waals surface area contributed by atoms with Gasteiger partial charge < -0.3 is 5.32 Å². The number of fused-ring (bicyclic) bond motifs is 1. The second-order valence-electron chi connectivity index (χ2n) is 4.84. The van der Waals surface area contributed by atoms with E-state index in [2.05, 4.69) is 48.4 Å². The molecule has 0 saturated carbocycles. The highest BCUT2D eigenvalue weighted by Crippen LogP contribution is 2.17. The molecule has 0 aliphatic carbocycles. The third kappa shape index (κ3) is 2.39. The van der Waals surface area contributed by atoms with Gasteiger partial charge in [0.15, 0.2) is 0 Å². The fraction of sp³-hybridized carbons (Fsp3) is 0.357. The van der Waals surface area contributed by atoms with Crippen molar-refractivity contribution in [3.63, 3.8) is 0 Å². The summed E-state index contributed by atoms with van der Waals surface area (Å²) in [6.45, 7) is 4.42. The van der Waals surface area contributed by atoms with E-state index in [4.69, 9.17) is 0 Å². The summed E-state index contributed by atoms with van der Waals surface area (Å²) in [5.74, 6) is 0. The smallest absolute Gasteiger partial charge is 0.0702 e. The quantitative estimate of drug-likeness (QED) is 0.849. The van der Waals surface area contributed by atoms with Crippen LogP contribution < -0.4 is 5.32 Å². The maximum atomic E-state index is 4.32. The number of hydrogen-bond donors (Lipinski definition) is 1. The number of hydrogen-bond acceptors (Lipinski definition) is 2. The lowest BCUT2D eigenvalue weighted by Gasteiger charge is -2.24. The molecule has 2 heteroatoms. The molecular formula is C14H18N2. The minimum absolute atomic E-state index is 0.135. The first-order valence-electron chi connectivity index (χ1n) is 5.63. The lowest BCUT2D eigenvalue weighted by molar-refractivity contribution is 0.422. The van der Waals surface area contributed by atoms with Crippen molar-refractivity contribution in [2.75, 3.05) is 7.05 Å². The zero-order valence-electron chi connectivity index (χ0n) is 10.1. The largest absolute Gasteiger partial charge is 0.314 e. The van der Waals surface area contributed by atoms with Crippen molar-refractivity contribution < 1.29 is 0 Å². The summed E-state index contributed by atoms with van der Waals surface area (Å²) in [6, 6.07) is 10.6. The molecular weight excluding hydrogens is 196 g/mol. The van der Waals surface area contributed by atoms with Gasteiger partial charge in [-0.2, -0.15) is 0 Å². The molecule has 84 valence electrons. The monoisotopic (exact) mass is 214 g/mol. The second-order valence-corrected chi connectivity index (χ2v) is 4.84. The zero-order valence-corrected chi connectivity index (χ0v) is 10.1. The zero-order chi connectivity index (χ0) is 11.6. The van der Waals surface area contributed by atoms with Gasteiger partial charge in [-0.1, -0.05) is 12.1 Å². The Bertz CT molecular complexity index is 489. The Morgan fingerprint density at radius 3 is 2.81 bits per heavy atom. The van der Waals surface area contributed by atoms with Crippen LogP contribution in [0.15, 0.2) is 36.5 Å². The Hall–Kier alpha value is -1.41. The molecule has 2 nitrogen and oxygen atoms in total. The van der Waals surface area contributed by atoms with Crippen molar-refractivity contribution in [2.24, 2.45) is 0 Å². The molecule has 2 aromatic rings. The molecule has 0 bridgehead atoms. The third-order valence-corrected chi connectivity index (χ3v) is 2.99. The van der Waals surface area contributed by atoms with Gasteiger partial charge in [0.2, 0.25) is 0 Å². The summed E-state index contributed by atoms with van der Waals surface area (Å²) in [4.78, 5) is 4.32. The van der Waals surface area contributed by atoms with Gasteiger partial charge >= 0.3 is 0 Å². The summed E-state index contributed by atoms with van der Waals surface area (Å²) >= 11 is 0. The molecule has 0 fully saturated rings. The fourth-order valence-electron chi connectivity index (χ4n) is 1.83. The first kappa shape index (κ1) is 11.1. The SMILES string of the molecule is CNC(C)(C)Cc1ccc2ncccc2c1.